The van der Waals surface area contributed by atoms with Gasteiger partial charge in [-0.05, 0) is 0 Å². The highest BCUT2D eigenvalue weighted by molar-refractivity contribution is 7.97. The van der Waals surface area contributed by atoms with E-state index in [0.717, 1.165) is 0 Å². The Morgan fingerprint density at radius 1 is 1.39 bits per heavy atom. The number of hydrogen-bond donors (Lipinski definition) is 5. The molecule has 1 heterocycles. The molecule has 1 rings (SSSR count). The fourth-order valence-corrected chi connectivity index (χ4v) is 4.72. The van der Waals surface area contributed by atoms with Crippen molar-refractivity contribution in [3.05, 3.63) is 0 Å². The normalized spacial score (nSPS) is 34.7. The zero-order chi connectivity index (χ0) is 13.9. The summed E-state index contributed by atoms with van der Waals surface area (Å²) in [4.78, 5) is 0. The van der Waals surface area contributed by atoms with Gasteiger partial charge in [-0.25, -0.2) is 4.18 Å². The van der Waals surface area contributed by atoms with Crippen molar-refractivity contribution < 1.29 is 37.6 Å². The summed E-state index contributed by atoms with van der Waals surface area (Å²) in [6.07, 6.45) is -3.17. The molecule has 0 bridgehead atoms. The smallest absolute Gasteiger partial charge is 0.391 e. The van der Waals surface area contributed by atoms with Crippen molar-refractivity contribution >= 4 is 21.3 Å². The van der Waals surface area contributed by atoms with E-state index in [2.05, 4.69) is 4.18 Å². The van der Waals surface area contributed by atoms with Gasteiger partial charge in [0.15, 0.2) is 5.25 Å². The van der Waals surface area contributed by atoms with Crippen molar-refractivity contribution in [2.75, 3.05) is 24.7 Å². The van der Waals surface area contributed by atoms with Gasteiger partial charge >= 0.3 is 10.4 Å². The van der Waals surface area contributed by atoms with E-state index in [-0.39, 0.29) is 18.1 Å². The van der Waals surface area contributed by atoms with Gasteiger partial charge in [0, 0.05) is 10.9 Å². The van der Waals surface area contributed by atoms with Crippen LogP contribution in [0.25, 0.3) is 0 Å². The molecule has 0 aromatic carbocycles. The van der Waals surface area contributed by atoms with Crippen LogP contribution in [0.4, 0.5) is 0 Å². The summed E-state index contributed by atoms with van der Waals surface area (Å²) in [7, 11) is -5.24. The van der Waals surface area contributed by atoms with E-state index >= 15 is 0 Å². The Labute approximate surface area is 108 Å². The first kappa shape index (κ1) is 16.1. The minimum atomic E-state index is -4.60. The fourth-order valence-electron chi connectivity index (χ4n) is 1.75. The van der Waals surface area contributed by atoms with Crippen LogP contribution in [0.2, 0.25) is 0 Å². The lowest BCUT2D eigenvalue weighted by molar-refractivity contribution is 0.0325. The van der Waals surface area contributed by atoms with Crippen molar-refractivity contribution in [3.63, 3.8) is 0 Å². The van der Waals surface area contributed by atoms with E-state index in [1.165, 1.54) is 0 Å². The van der Waals surface area contributed by atoms with E-state index in [9.17, 15) is 23.7 Å². The predicted octanol–water partition coefficient (Wildman–Crippen LogP) is -3.12. The van der Waals surface area contributed by atoms with Crippen LogP contribution in [0.5, 0.6) is 0 Å². The zero-order valence-corrected chi connectivity index (χ0v) is 11.0. The number of aliphatic hydroxyl groups excluding tert-OH is 4. The molecule has 0 spiro atoms. The van der Waals surface area contributed by atoms with E-state index < -0.39 is 51.5 Å². The number of aliphatic hydroxyl groups is 4. The molecule has 0 aromatic rings. The molecule has 1 unspecified atom stereocenters. The van der Waals surface area contributed by atoms with Gasteiger partial charge in [-0.3, -0.25) is 4.55 Å². The van der Waals surface area contributed by atoms with Crippen molar-refractivity contribution in [3.8, 4) is 0 Å². The highest BCUT2D eigenvalue weighted by atomic mass is 32.3. The second kappa shape index (κ2) is 6.48. The van der Waals surface area contributed by atoms with Crippen LogP contribution in [-0.2, 0) is 25.5 Å². The summed E-state index contributed by atoms with van der Waals surface area (Å²) in [5.74, 6) is 0.310. The molecule has 0 saturated carbocycles. The lowest BCUT2D eigenvalue weighted by Gasteiger charge is -2.14. The lowest BCUT2D eigenvalue weighted by Crippen LogP contribution is -2.37. The Morgan fingerprint density at radius 2 is 2.00 bits per heavy atom. The molecular weight excluding hydrogens is 288 g/mol. The van der Waals surface area contributed by atoms with Crippen LogP contribution in [0, 0.1) is 0 Å². The van der Waals surface area contributed by atoms with Crippen molar-refractivity contribution in [1.29, 1.82) is 0 Å². The Kier molecular flexibility index (Phi) is 5.80. The molecule has 5 N–H and O–H groups in total. The largest absolute Gasteiger partial charge is 0.397 e. The molecular formula is C8H17O8S2+. The third-order valence-corrected chi connectivity index (χ3v) is 5.88. The Balaban J connectivity index is 2.46. The van der Waals surface area contributed by atoms with Gasteiger partial charge in [0.2, 0.25) is 0 Å². The molecule has 1 fully saturated rings. The van der Waals surface area contributed by atoms with Gasteiger partial charge in [-0.1, -0.05) is 0 Å². The predicted molar refractivity (Wildman–Crippen MR) is 63.5 cm³/mol. The topological polar surface area (TPSA) is 145 Å². The molecule has 0 aliphatic carbocycles. The number of hydrogen-bond acceptors (Lipinski definition) is 7. The molecule has 18 heavy (non-hydrogen) atoms. The van der Waals surface area contributed by atoms with Crippen LogP contribution < -0.4 is 0 Å². The maximum Gasteiger partial charge on any atom is 0.397 e. The first-order chi connectivity index (χ1) is 8.24. The Hall–Kier alpha value is 0.0600. The van der Waals surface area contributed by atoms with E-state index in [1.807, 2.05) is 0 Å². The molecule has 5 atom stereocenters. The minimum Gasteiger partial charge on any atom is -0.391 e. The first-order valence-electron chi connectivity index (χ1n) is 5.17. The summed E-state index contributed by atoms with van der Waals surface area (Å²) < 4.78 is 33.0. The quantitative estimate of drug-likeness (QED) is 0.256. The zero-order valence-electron chi connectivity index (χ0n) is 9.42. The van der Waals surface area contributed by atoms with Gasteiger partial charge in [-0.2, -0.15) is 8.42 Å². The molecule has 1 aliphatic heterocycles. The maximum atomic E-state index is 10.3. The van der Waals surface area contributed by atoms with Gasteiger partial charge in [0.05, 0.1) is 13.2 Å². The molecule has 0 amide bonds. The average Bonchev–Trinajstić information content (AvgIpc) is 2.50. The highest BCUT2D eigenvalue weighted by Gasteiger charge is 2.49. The Morgan fingerprint density at radius 3 is 2.50 bits per heavy atom. The Bertz CT molecular complexity index is 358. The van der Waals surface area contributed by atoms with Crippen LogP contribution in [-0.4, -0.2) is 81.7 Å². The van der Waals surface area contributed by atoms with Crippen LogP contribution >= 0.6 is 0 Å². The van der Waals surface area contributed by atoms with E-state index in [4.69, 9.17) is 9.66 Å². The van der Waals surface area contributed by atoms with Gasteiger partial charge in [0.25, 0.3) is 0 Å². The summed E-state index contributed by atoms with van der Waals surface area (Å²) in [5, 5.41) is 37.0. The highest BCUT2D eigenvalue weighted by Crippen LogP contribution is 2.24. The van der Waals surface area contributed by atoms with Gasteiger partial charge in [0.1, 0.15) is 29.8 Å². The average molecular weight is 305 g/mol. The molecule has 108 valence electrons. The maximum absolute atomic E-state index is 10.3. The second-order valence-electron chi connectivity index (χ2n) is 4.02. The molecule has 8 nitrogen and oxygen atoms in total. The monoisotopic (exact) mass is 305 g/mol. The van der Waals surface area contributed by atoms with E-state index in [1.54, 1.807) is 0 Å². The molecule has 0 radical (unpaired) electrons. The van der Waals surface area contributed by atoms with Crippen molar-refractivity contribution in [2.24, 2.45) is 0 Å². The standard InChI is InChI=1S/C8H16O8S2/c9-1-7-8(12)6(11)4-17(7)3-5(10)2-16-18(13,14)15/h5-12H,1-4H2/p+1/t5-,6-,7-,8+,17?/m1/s1. The minimum absolute atomic E-state index is 0.0782. The van der Waals surface area contributed by atoms with Crippen LogP contribution in [0.3, 0.4) is 0 Å². The fraction of sp³-hybridized carbons (Fsp3) is 1.00. The first-order valence-corrected chi connectivity index (χ1v) is 8.17. The third kappa shape index (κ3) is 4.63. The summed E-state index contributed by atoms with van der Waals surface area (Å²) in [5.41, 5.74) is 0. The lowest BCUT2D eigenvalue weighted by atomic mass is 10.2. The third-order valence-electron chi connectivity index (χ3n) is 2.58. The van der Waals surface area contributed by atoms with Gasteiger partial charge in [-0.15, -0.1) is 0 Å². The summed E-state index contributed by atoms with van der Waals surface area (Å²) in [6.45, 7) is -0.931. The van der Waals surface area contributed by atoms with E-state index in [0.29, 0.717) is 0 Å². The molecule has 0 aromatic heterocycles. The number of rotatable bonds is 6. The second-order valence-corrected chi connectivity index (χ2v) is 7.45. The van der Waals surface area contributed by atoms with Crippen molar-refractivity contribution in [1.82, 2.24) is 0 Å². The van der Waals surface area contributed by atoms with Crippen LogP contribution in [0.15, 0.2) is 0 Å². The molecule has 10 heteroatoms. The molecule has 1 saturated heterocycles. The van der Waals surface area contributed by atoms with Crippen LogP contribution in [0.1, 0.15) is 0 Å². The molecule has 1 aliphatic rings. The van der Waals surface area contributed by atoms with Gasteiger partial charge < -0.3 is 20.4 Å². The summed E-state index contributed by atoms with van der Waals surface area (Å²) in [6, 6.07) is 0. The SMILES string of the molecule is O=S(=O)(O)OC[C@@H](O)C[S+]1C[C@@H](O)[C@H](O)[C@H]1CO. The summed E-state index contributed by atoms with van der Waals surface area (Å²) >= 11 is 0. The van der Waals surface area contributed by atoms with Crippen molar-refractivity contribution in [2.45, 2.75) is 23.6 Å².